The largest absolute Gasteiger partial charge is 0.497 e. The minimum Gasteiger partial charge on any atom is -0.497 e. The smallest absolute Gasteiger partial charge is 0.118 e. The van der Waals surface area contributed by atoms with Crippen LogP contribution in [0.25, 0.3) is 0 Å². The molecule has 0 radical (unpaired) electrons. The molecule has 1 saturated heterocycles. The van der Waals surface area contributed by atoms with Crippen molar-refractivity contribution in [3.05, 3.63) is 42.5 Å². The van der Waals surface area contributed by atoms with E-state index in [1.807, 2.05) is 31.2 Å². The second kappa shape index (κ2) is 10.5. The fraction of sp³-hybridized carbons (Fsp3) is 0.600. The summed E-state index contributed by atoms with van der Waals surface area (Å²) in [4.78, 5) is 0. The lowest BCUT2D eigenvalue weighted by Crippen LogP contribution is -2.31. The van der Waals surface area contributed by atoms with Gasteiger partial charge in [-0.25, -0.2) is 0 Å². The van der Waals surface area contributed by atoms with Gasteiger partial charge in [-0.1, -0.05) is 47.7 Å². The number of hydrogen-bond acceptors (Lipinski definition) is 4. The number of alkyl halides is 1. The predicted molar refractivity (Wildman–Crippen MR) is 108 cm³/mol. The van der Waals surface area contributed by atoms with Crippen LogP contribution in [0.2, 0.25) is 0 Å². The zero-order chi connectivity index (χ0) is 18.2. The van der Waals surface area contributed by atoms with E-state index in [0.717, 1.165) is 22.2 Å². The summed E-state index contributed by atoms with van der Waals surface area (Å²) >= 11 is 2.36. The molecule has 0 saturated carbocycles. The van der Waals surface area contributed by atoms with E-state index in [9.17, 15) is 5.11 Å². The molecule has 1 N–H and O–H groups in total. The molecule has 1 aliphatic heterocycles. The summed E-state index contributed by atoms with van der Waals surface area (Å²) in [6.45, 7) is 6.99. The summed E-state index contributed by atoms with van der Waals surface area (Å²) in [5.74, 6) is 1.21. The Bertz CT molecular complexity index is 519. The average molecular weight is 460 g/mol. The molecule has 1 aromatic carbocycles. The SMILES string of the molecule is C=C[C@H](C)[C@@H](O)C[C@H](OCc1ccc(OC)cc1)[C@H]1CO[C@H](CI)C1. The normalized spacial score (nSPS) is 23.8. The zero-order valence-corrected chi connectivity index (χ0v) is 17.2. The van der Waals surface area contributed by atoms with Crippen molar-refractivity contribution in [1.29, 1.82) is 0 Å². The van der Waals surface area contributed by atoms with Crippen molar-refractivity contribution in [2.75, 3.05) is 18.1 Å². The van der Waals surface area contributed by atoms with Gasteiger partial charge in [0.25, 0.3) is 0 Å². The van der Waals surface area contributed by atoms with Crippen LogP contribution in [0.15, 0.2) is 36.9 Å². The van der Waals surface area contributed by atoms with E-state index in [2.05, 4.69) is 29.2 Å². The Morgan fingerprint density at radius 1 is 1.40 bits per heavy atom. The molecule has 1 heterocycles. The number of hydrogen-bond donors (Lipinski definition) is 1. The monoisotopic (exact) mass is 460 g/mol. The summed E-state index contributed by atoms with van der Waals surface area (Å²) < 4.78 is 18.2. The highest BCUT2D eigenvalue weighted by molar-refractivity contribution is 14.1. The summed E-state index contributed by atoms with van der Waals surface area (Å²) in [6, 6.07) is 7.90. The van der Waals surface area contributed by atoms with E-state index >= 15 is 0 Å². The molecule has 0 bridgehead atoms. The van der Waals surface area contributed by atoms with Gasteiger partial charge in [0.05, 0.1) is 38.6 Å². The van der Waals surface area contributed by atoms with E-state index in [-0.39, 0.29) is 12.0 Å². The Morgan fingerprint density at radius 3 is 2.68 bits per heavy atom. The highest BCUT2D eigenvalue weighted by Crippen LogP contribution is 2.30. The quantitative estimate of drug-likeness (QED) is 0.326. The van der Waals surface area contributed by atoms with Crippen molar-refractivity contribution in [1.82, 2.24) is 0 Å². The molecule has 5 atom stereocenters. The first-order valence-corrected chi connectivity index (χ1v) is 10.3. The van der Waals surface area contributed by atoms with Crippen LogP contribution < -0.4 is 4.74 Å². The Labute approximate surface area is 164 Å². The molecule has 4 nitrogen and oxygen atoms in total. The Balaban J connectivity index is 1.98. The topological polar surface area (TPSA) is 47.9 Å². The minimum atomic E-state index is -0.447. The standard InChI is InChI=1S/C20H29IO4/c1-4-14(2)19(22)10-20(16-9-18(11-21)24-13-16)25-12-15-5-7-17(23-3)8-6-15/h4-8,14,16,18-20,22H,1,9-13H2,2-3H3/t14-,16+,18-,19-,20-/m0/s1. The van der Waals surface area contributed by atoms with E-state index in [4.69, 9.17) is 14.2 Å². The van der Waals surface area contributed by atoms with Crippen molar-refractivity contribution in [2.24, 2.45) is 11.8 Å². The van der Waals surface area contributed by atoms with Crippen LogP contribution in [-0.2, 0) is 16.1 Å². The minimum absolute atomic E-state index is 0.0209. The van der Waals surface area contributed by atoms with Gasteiger partial charge in [0.2, 0.25) is 0 Å². The third kappa shape index (κ3) is 6.24. The first kappa shape index (κ1) is 20.7. The molecule has 0 amide bonds. The Hall–Kier alpha value is -0.630. The van der Waals surface area contributed by atoms with Crippen molar-refractivity contribution >= 4 is 22.6 Å². The lowest BCUT2D eigenvalue weighted by Gasteiger charge is -2.27. The predicted octanol–water partition coefficient (Wildman–Crippen LogP) is 3.99. The second-order valence-electron chi connectivity index (χ2n) is 6.70. The number of methoxy groups -OCH3 is 1. The van der Waals surface area contributed by atoms with Crippen LogP contribution in [0, 0.1) is 11.8 Å². The molecule has 1 fully saturated rings. The van der Waals surface area contributed by atoms with Crippen LogP contribution in [-0.4, -0.2) is 41.6 Å². The maximum Gasteiger partial charge on any atom is 0.118 e. The molecule has 5 heteroatoms. The molecule has 0 aliphatic carbocycles. The van der Waals surface area contributed by atoms with Crippen LogP contribution in [0.5, 0.6) is 5.75 Å². The molecule has 1 aromatic rings. The molecule has 140 valence electrons. The maximum atomic E-state index is 10.4. The summed E-state index contributed by atoms with van der Waals surface area (Å²) in [7, 11) is 1.66. The first-order chi connectivity index (χ1) is 12.1. The summed E-state index contributed by atoms with van der Waals surface area (Å²) in [6.07, 6.45) is 3.22. The molecular weight excluding hydrogens is 431 g/mol. The summed E-state index contributed by atoms with van der Waals surface area (Å²) in [5, 5.41) is 10.4. The van der Waals surface area contributed by atoms with Crippen molar-refractivity contribution in [3.63, 3.8) is 0 Å². The molecule has 25 heavy (non-hydrogen) atoms. The van der Waals surface area contributed by atoms with Gasteiger partial charge in [0, 0.05) is 16.8 Å². The van der Waals surface area contributed by atoms with E-state index in [0.29, 0.717) is 31.7 Å². The molecule has 0 unspecified atom stereocenters. The van der Waals surface area contributed by atoms with Crippen molar-refractivity contribution in [2.45, 2.75) is 44.7 Å². The molecule has 0 aromatic heterocycles. The zero-order valence-electron chi connectivity index (χ0n) is 15.1. The highest BCUT2D eigenvalue weighted by atomic mass is 127. The van der Waals surface area contributed by atoms with Gasteiger partial charge in [0.1, 0.15) is 5.75 Å². The third-order valence-corrected chi connectivity index (χ3v) is 5.87. The average Bonchev–Trinajstić information content (AvgIpc) is 3.13. The number of halogens is 1. The second-order valence-corrected chi connectivity index (χ2v) is 7.58. The number of aliphatic hydroxyl groups excluding tert-OH is 1. The molecule has 1 aliphatic rings. The van der Waals surface area contributed by atoms with E-state index in [1.165, 1.54) is 0 Å². The highest BCUT2D eigenvalue weighted by Gasteiger charge is 2.33. The van der Waals surface area contributed by atoms with E-state index in [1.54, 1.807) is 13.2 Å². The van der Waals surface area contributed by atoms with Crippen LogP contribution in [0.4, 0.5) is 0 Å². The van der Waals surface area contributed by atoms with E-state index < -0.39 is 6.10 Å². The Morgan fingerprint density at radius 2 is 2.12 bits per heavy atom. The Kier molecular flexibility index (Phi) is 8.69. The van der Waals surface area contributed by atoms with Gasteiger partial charge < -0.3 is 19.3 Å². The number of rotatable bonds is 10. The first-order valence-electron chi connectivity index (χ1n) is 8.80. The number of benzene rings is 1. The van der Waals surface area contributed by atoms with Crippen LogP contribution in [0.3, 0.4) is 0 Å². The third-order valence-electron chi connectivity index (χ3n) is 4.89. The van der Waals surface area contributed by atoms with Crippen LogP contribution in [0.1, 0.15) is 25.3 Å². The van der Waals surface area contributed by atoms with Crippen molar-refractivity contribution in [3.8, 4) is 5.75 Å². The molecule has 0 spiro atoms. The van der Waals surface area contributed by atoms with Gasteiger partial charge in [0.15, 0.2) is 0 Å². The molecule has 2 rings (SSSR count). The number of ether oxygens (including phenoxy) is 3. The lowest BCUT2D eigenvalue weighted by atomic mass is 9.91. The summed E-state index contributed by atoms with van der Waals surface area (Å²) in [5.41, 5.74) is 1.10. The van der Waals surface area contributed by atoms with Gasteiger partial charge in [-0.05, 0) is 30.0 Å². The lowest BCUT2D eigenvalue weighted by molar-refractivity contribution is -0.0373. The molecular formula is C20H29IO4. The van der Waals surface area contributed by atoms with Gasteiger partial charge >= 0.3 is 0 Å². The fourth-order valence-electron chi connectivity index (χ4n) is 3.03. The van der Waals surface area contributed by atoms with Crippen LogP contribution >= 0.6 is 22.6 Å². The van der Waals surface area contributed by atoms with Crippen molar-refractivity contribution < 1.29 is 19.3 Å². The van der Waals surface area contributed by atoms with Gasteiger partial charge in [-0.3, -0.25) is 0 Å². The maximum absolute atomic E-state index is 10.4. The number of aliphatic hydroxyl groups is 1. The van der Waals surface area contributed by atoms with Gasteiger partial charge in [-0.2, -0.15) is 0 Å². The fourth-order valence-corrected chi connectivity index (χ4v) is 3.65. The van der Waals surface area contributed by atoms with Gasteiger partial charge in [-0.15, -0.1) is 6.58 Å².